The minimum absolute atomic E-state index is 0.357. The molecule has 1 heterocycles. The van der Waals surface area contributed by atoms with Gasteiger partial charge in [0.25, 0.3) is 11.8 Å². The molecule has 0 radical (unpaired) electrons. The van der Waals surface area contributed by atoms with Crippen LogP contribution < -0.4 is 10.9 Å². The number of carbonyl (C=O) groups excluding carboxylic acids is 2. The molecule has 0 saturated heterocycles. The number of hydrogen-bond donors (Lipinski definition) is 2. The lowest BCUT2D eigenvalue weighted by atomic mass is 10.1. The van der Waals surface area contributed by atoms with Crippen molar-refractivity contribution in [2.75, 3.05) is 0 Å². The van der Waals surface area contributed by atoms with Gasteiger partial charge in [-0.15, -0.1) is 0 Å². The van der Waals surface area contributed by atoms with E-state index in [2.05, 4.69) is 15.8 Å². The van der Waals surface area contributed by atoms with E-state index >= 15 is 0 Å². The maximum absolute atomic E-state index is 12.3. The highest BCUT2D eigenvalue weighted by Gasteiger charge is 2.12. The van der Waals surface area contributed by atoms with Crippen molar-refractivity contribution in [3.8, 4) is 0 Å². The van der Waals surface area contributed by atoms with Gasteiger partial charge in [0.15, 0.2) is 0 Å². The van der Waals surface area contributed by atoms with Gasteiger partial charge in [-0.3, -0.25) is 25.4 Å². The van der Waals surface area contributed by atoms with E-state index in [-0.39, 0.29) is 11.8 Å². The van der Waals surface area contributed by atoms with Crippen LogP contribution in [0.4, 0.5) is 0 Å². The van der Waals surface area contributed by atoms with Gasteiger partial charge in [0.1, 0.15) is 0 Å². The van der Waals surface area contributed by atoms with Crippen LogP contribution in [0.1, 0.15) is 33.2 Å². The van der Waals surface area contributed by atoms with Crippen molar-refractivity contribution >= 4 is 22.7 Å². The van der Waals surface area contributed by atoms with Crippen LogP contribution in [0.3, 0.4) is 0 Å². The number of rotatable bonds is 3. The summed E-state index contributed by atoms with van der Waals surface area (Å²) >= 11 is 0. The molecule has 1 aromatic heterocycles. The fourth-order valence-electron chi connectivity index (χ4n) is 2.44. The first-order valence-electron chi connectivity index (χ1n) is 7.72. The average molecular weight is 319 g/mol. The van der Waals surface area contributed by atoms with Crippen LogP contribution in [0, 0.1) is 0 Å². The Morgan fingerprint density at radius 1 is 0.917 bits per heavy atom. The Bertz CT molecular complexity index is 883. The van der Waals surface area contributed by atoms with E-state index < -0.39 is 0 Å². The zero-order chi connectivity index (χ0) is 16.9. The first-order valence-corrected chi connectivity index (χ1v) is 7.72. The number of aryl methyl sites for hydroxylation is 1. The van der Waals surface area contributed by atoms with Crippen LogP contribution in [0.5, 0.6) is 0 Å². The number of aromatic nitrogens is 1. The van der Waals surface area contributed by atoms with Gasteiger partial charge in [-0.05, 0) is 36.2 Å². The average Bonchev–Trinajstić information content (AvgIpc) is 2.65. The van der Waals surface area contributed by atoms with Crippen LogP contribution in [-0.2, 0) is 6.42 Å². The van der Waals surface area contributed by atoms with Gasteiger partial charge in [-0.2, -0.15) is 0 Å². The van der Waals surface area contributed by atoms with E-state index in [9.17, 15) is 9.59 Å². The maximum Gasteiger partial charge on any atom is 0.270 e. The summed E-state index contributed by atoms with van der Waals surface area (Å²) in [5.41, 5.74) is 7.73. The monoisotopic (exact) mass is 319 g/mol. The number of carbonyl (C=O) groups is 2. The Hall–Kier alpha value is -3.21. The lowest BCUT2D eigenvalue weighted by molar-refractivity contribution is 0.0847. The molecule has 3 aromatic rings. The third kappa shape index (κ3) is 3.25. The Balaban J connectivity index is 1.71. The summed E-state index contributed by atoms with van der Waals surface area (Å²) < 4.78 is 0. The number of nitrogens with one attached hydrogen (secondary N) is 2. The highest BCUT2D eigenvalue weighted by atomic mass is 16.2. The number of hydrogen-bond acceptors (Lipinski definition) is 3. The van der Waals surface area contributed by atoms with Crippen molar-refractivity contribution in [3.05, 3.63) is 77.5 Å². The standard InChI is InChI=1S/C19H17N3O2/c1-2-13-7-9-14(10-8-13)18(23)21-22-19(24)16-11-12-20-17-6-4-3-5-15(16)17/h3-12H,2H2,1H3,(H,21,23)(H,22,24). The number of benzene rings is 2. The molecular weight excluding hydrogens is 302 g/mol. The summed E-state index contributed by atoms with van der Waals surface area (Å²) in [5.74, 6) is -0.739. The Morgan fingerprint density at radius 3 is 2.38 bits per heavy atom. The van der Waals surface area contributed by atoms with E-state index in [1.807, 2.05) is 43.3 Å². The van der Waals surface area contributed by atoms with Crippen LogP contribution >= 0.6 is 0 Å². The lowest BCUT2D eigenvalue weighted by Crippen LogP contribution is -2.41. The fraction of sp³-hybridized carbons (Fsp3) is 0.105. The summed E-state index contributed by atoms with van der Waals surface area (Å²) in [6, 6.07) is 16.3. The molecule has 0 aliphatic rings. The lowest BCUT2D eigenvalue weighted by Gasteiger charge is -2.09. The van der Waals surface area contributed by atoms with Gasteiger partial charge in [-0.1, -0.05) is 37.3 Å². The third-order valence-electron chi connectivity index (χ3n) is 3.81. The molecule has 0 saturated carbocycles. The number of amides is 2. The van der Waals surface area contributed by atoms with Crippen molar-refractivity contribution in [1.29, 1.82) is 0 Å². The molecule has 0 aliphatic heterocycles. The highest BCUT2D eigenvalue weighted by Crippen LogP contribution is 2.15. The molecule has 0 unspecified atom stereocenters. The normalized spacial score (nSPS) is 10.4. The van der Waals surface area contributed by atoms with Crippen molar-refractivity contribution in [1.82, 2.24) is 15.8 Å². The van der Waals surface area contributed by atoms with E-state index in [0.717, 1.165) is 22.9 Å². The van der Waals surface area contributed by atoms with Crippen molar-refractivity contribution in [3.63, 3.8) is 0 Å². The molecule has 0 bridgehead atoms. The second-order valence-corrected chi connectivity index (χ2v) is 5.33. The van der Waals surface area contributed by atoms with E-state index in [1.54, 1.807) is 24.4 Å². The second kappa shape index (κ2) is 6.91. The summed E-state index contributed by atoms with van der Waals surface area (Å²) in [7, 11) is 0. The van der Waals surface area contributed by atoms with Crippen LogP contribution in [0.25, 0.3) is 10.9 Å². The zero-order valence-electron chi connectivity index (χ0n) is 13.2. The van der Waals surface area contributed by atoms with E-state index in [0.29, 0.717) is 11.1 Å². The summed E-state index contributed by atoms with van der Waals surface area (Å²) in [5, 5.41) is 0.735. The topological polar surface area (TPSA) is 71.1 Å². The SMILES string of the molecule is CCc1ccc(C(=O)NNC(=O)c2ccnc3ccccc23)cc1. The van der Waals surface area contributed by atoms with Gasteiger partial charge in [0, 0.05) is 17.1 Å². The van der Waals surface area contributed by atoms with Crippen molar-refractivity contribution in [2.24, 2.45) is 0 Å². The van der Waals surface area contributed by atoms with Crippen molar-refractivity contribution in [2.45, 2.75) is 13.3 Å². The Labute approximate surface area is 139 Å². The zero-order valence-corrected chi connectivity index (χ0v) is 13.2. The third-order valence-corrected chi connectivity index (χ3v) is 3.81. The van der Waals surface area contributed by atoms with E-state index in [4.69, 9.17) is 0 Å². The molecule has 2 amide bonds. The molecule has 120 valence electrons. The summed E-state index contributed by atoms with van der Waals surface area (Å²) in [6.07, 6.45) is 2.48. The summed E-state index contributed by atoms with van der Waals surface area (Å²) in [4.78, 5) is 28.7. The number of nitrogens with zero attached hydrogens (tertiary/aromatic N) is 1. The van der Waals surface area contributed by atoms with Gasteiger partial charge >= 0.3 is 0 Å². The highest BCUT2D eigenvalue weighted by molar-refractivity contribution is 6.07. The van der Waals surface area contributed by atoms with Crippen LogP contribution in [0.2, 0.25) is 0 Å². The van der Waals surface area contributed by atoms with Gasteiger partial charge in [-0.25, -0.2) is 0 Å². The van der Waals surface area contributed by atoms with Gasteiger partial charge < -0.3 is 0 Å². The molecule has 5 nitrogen and oxygen atoms in total. The largest absolute Gasteiger partial charge is 0.270 e. The van der Waals surface area contributed by atoms with Crippen molar-refractivity contribution < 1.29 is 9.59 Å². The summed E-state index contributed by atoms with van der Waals surface area (Å²) in [6.45, 7) is 2.05. The number of hydrazine groups is 1. The quantitative estimate of drug-likeness (QED) is 0.729. The van der Waals surface area contributed by atoms with Crippen LogP contribution in [-0.4, -0.2) is 16.8 Å². The predicted molar refractivity (Wildman–Crippen MR) is 92.5 cm³/mol. The molecule has 2 aromatic carbocycles. The minimum atomic E-state index is -0.382. The first kappa shape index (κ1) is 15.7. The maximum atomic E-state index is 12.3. The van der Waals surface area contributed by atoms with Crippen LogP contribution in [0.15, 0.2) is 60.8 Å². The second-order valence-electron chi connectivity index (χ2n) is 5.33. The molecule has 0 fully saturated rings. The molecule has 5 heteroatoms. The van der Waals surface area contributed by atoms with E-state index in [1.165, 1.54) is 0 Å². The molecule has 0 spiro atoms. The molecule has 0 aliphatic carbocycles. The van der Waals surface area contributed by atoms with Gasteiger partial charge in [0.05, 0.1) is 11.1 Å². The molecular formula is C19H17N3O2. The molecule has 0 atom stereocenters. The minimum Gasteiger partial charge on any atom is -0.267 e. The number of pyridine rings is 1. The smallest absolute Gasteiger partial charge is 0.267 e. The fourth-order valence-corrected chi connectivity index (χ4v) is 2.44. The Kier molecular flexibility index (Phi) is 4.52. The predicted octanol–water partition coefficient (Wildman–Crippen LogP) is 2.87. The number of para-hydroxylation sites is 1. The molecule has 24 heavy (non-hydrogen) atoms. The number of fused-ring (bicyclic) bond motifs is 1. The Morgan fingerprint density at radius 2 is 1.62 bits per heavy atom. The molecule has 3 rings (SSSR count). The molecule has 2 N–H and O–H groups in total. The van der Waals surface area contributed by atoms with Gasteiger partial charge in [0.2, 0.25) is 0 Å². The first-order chi connectivity index (χ1) is 11.7.